The molecular formula is C52H56O2S. The van der Waals surface area contributed by atoms with Gasteiger partial charge in [-0.05, 0) is 80.0 Å². The van der Waals surface area contributed by atoms with Crippen molar-refractivity contribution in [2.45, 2.75) is 89.8 Å². The van der Waals surface area contributed by atoms with Crippen LogP contribution in [-0.4, -0.2) is 0 Å². The SMILES string of the molecule is CC(C)C1c2ccccc2COCc2ccccc21.CC(C)C1c2ccccc2COc2ccccc21.CC(C)C1c2ccccc2CSc2ccccc21. The Morgan fingerprint density at radius 2 is 0.764 bits per heavy atom. The van der Waals surface area contributed by atoms with E-state index in [2.05, 4.69) is 181 Å². The van der Waals surface area contributed by atoms with Gasteiger partial charge in [-0.15, -0.1) is 11.8 Å². The zero-order chi connectivity index (χ0) is 38.3. The molecule has 6 aromatic rings. The molecule has 0 spiro atoms. The zero-order valence-corrected chi connectivity index (χ0v) is 34.2. The van der Waals surface area contributed by atoms with Crippen molar-refractivity contribution in [3.63, 3.8) is 0 Å². The lowest BCUT2D eigenvalue weighted by atomic mass is 9.78. The van der Waals surface area contributed by atoms with E-state index in [1.807, 2.05) is 17.8 Å². The highest BCUT2D eigenvalue weighted by Gasteiger charge is 2.28. The van der Waals surface area contributed by atoms with Gasteiger partial charge in [0.25, 0.3) is 0 Å². The van der Waals surface area contributed by atoms with E-state index in [1.165, 1.54) is 60.5 Å². The summed E-state index contributed by atoms with van der Waals surface area (Å²) in [6.45, 7) is 15.9. The van der Waals surface area contributed by atoms with Gasteiger partial charge in [0.1, 0.15) is 12.4 Å². The minimum absolute atomic E-state index is 0.430. The Bertz CT molecular complexity index is 1940. The summed E-state index contributed by atoms with van der Waals surface area (Å²) >= 11 is 1.97. The minimum Gasteiger partial charge on any atom is -0.489 e. The molecule has 3 aliphatic heterocycles. The number of thioether (sulfide) groups is 1. The summed E-state index contributed by atoms with van der Waals surface area (Å²) in [5.74, 6) is 5.34. The maximum atomic E-state index is 5.96. The first-order valence-corrected chi connectivity index (χ1v) is 21.1. The standard InChI is InChI=1S/C18H20O.C17H18O.C17H18S/c1-13(2)18-16-9-5-3-7-14(16)11-19-12-15-8-4-6-10-17(15)18;2*1-12(2)17-14-8-4-3-7-13(14)11-18-16-10-6-5-9-15(16)17/h3-10,13,18H,11-12H2,1-2H3;2*3-10,12,17H,11H2,1-2H3. The highest BCUT2D eigenvalue weighted by Crippen LogP contribution is 2.44. The van der Waals surface area contributed by atoms with Crippen LogP contribution in [0.5, 0.6) is 5.75 Å². The van der Waals surface area contributed by atoms with Crippen LogP contribution in [0.2, 0.25) is 0 Å². The molecule has 9 rings (SSSR count). The zero-order valence-electron chi connectivity index (χ0n) is 33.4. The van der Waals surface area contributed by atoms with Gasteiger partial charge >= 0.3 is 0 Å². The first-order valence-electron chi connectivity index (χ1n) is 20.1. The van der Waals surface area contributed by atoms with Gasteiger partial charge in [0.15, 0.2) is 0 Å². The minimum atomic E-state index is 0.430. The molecule has 2 unspecified atom stereocenters. The number of rotatable bonds is 3. The lowest BCUT2D eigenvalue weighted by Crippen LogP contribution is -2.16. The maximum absolute atomic E-state index is 5.96. The Hall–Kier alpha value is -4.57. The molecule has 0 aliphatic carbocycles. The Morgan fingerprint density at radius 1 is 0.400 bits per heavy atom. The largest absolute Gasteiger partial charge is 0.489 e. The predicted octanol–water partition coefficient (Wildman–Crippen LogP) is 14.0. The molecule has 0 radical (unpaired) electrons. The maximum Gasteiger partial charge on any atom is 0.123 e. The van der Waals surface area contributed by atoms with Crippen LogP contribution in [0.4, 0.5) is 0 Å². The number of ether oxygens (including phenoxy) is 2. The van der Waals surface area contributed by atoms with Crippen molar-refractivity contribution in [1.29, 1.82) is 0 Å². The van der Waals surface area contributed by atoms with Crippen molar-refractivity contribution >= 4 is 11.8 Å². The van der Waals surface area contributed by atoms with Crippen LogP contribution in [0.1, 0.15) is 115 Å². The molecule has 0 bridgehead atoms. The number of hydrogen-bond donors (Lipinski definition) is 0. The Kier molecular flexibility index (Phi) is 12.6. The van der Waals surface area contributed by atoms with Crippen LogP contribution in [0, 0.1) is 17.8 Å². The van der Waals surface area contributed by atoms with Gasteiger partial charge < -0.3 is 9.47 Å². The summed E-state index contributed by atoms with van der Waals surface area (Å²) in [6.07, 6.45) is 0. The van der Waals surface area contributed by atoms with Crippen LogP contribution in [-0.2, 0) is 30.3 Å². The Balaban J connectivity index is 0.000000127. The van der Waals surface area contributed by atoms with E-state index in [0.29, 0.717) is 55.3 Å². The molecular weight excluding hydrogens is 689 g/mol. The average molecular weight is 745 g/mol. The van der Waals surface area contributed by atoms with Crippen molar-refractivity contribution in [2.24, 2.45) is 17.8 Å². The molecule has 6 aromatic carbocycles. The average Bonchev–Trinajstić information content (AvgIpc) is 3.47. The van der Waals surface area contributed by atoms with E-state index in [0.717, 1.165) is 11.5 Å². The van der Waals surface area contributed by atoms with Gasteiger partial charge in [-0.25, -0.2) is 0 Å². The van der Waals surface area contributed by atoms with Crippen molar-refractivity contribution in [2.75, 3.05) is 0 Å². The topological polar surface area (TPSA) is 18.5 Å². The second-order valence-corrected chi connectivity index (χ2v) is 17.1. The molecule has 0 fully saturated rings. The molecule has 0 saturated carbocycles. The fourth-order valence-electron chi connectivity index (χ4n) is 8.85. The van der Waals surface area contributed by atoms with Crippen LogP contribution in [0.15, 0.2) is 150 Å². The summed E-state index contributed by atoms with van der Waals surface area (Å²) in [5.41, 5.74) is 14.1. The molecule has 3 heteroatoms. The molecule has 0 aromatic heterocycles. The first kappa shape index (κ1) is 38.7. The highest BCUT2D eigenvalue weighted by molar-refractivity contribution is 7.98. The van der Waals surface area contributed by atoms with E-state index >= 15 is 0 Å². The van der Waals surface area contributed by atoms with E-state index in [-0.39, 0.29) is 0 Å². The van der Waals surface area contributed by atoms with Crippen LogP contribution in [0.25, 0.3) is 0 Å². The number of fused-ring (bicyclic) bond motifs is 6. The summed E-state index contributed by atoms with van der Waals surface area (Å²) in [4.78, 5) is 1.45. The summed E-state index contributed by atoms with van der Waals surface area (Å²) < 4.78 is 11.8. The third-order valence-electron chi connectivity index (χ3n) is 11.4. The number of benzene rings is 6. The molecule has 0 N–H and O–H groups in total. The van der Waals surface area contributed by atoms with Gasteiger partial charge in [-0.3, -0.25) is 0 Å². The van der Waals surface area contributed by atoms with E-state index in [4.69, 9.17) is 9.47 Å². The number of para-hydroxylation sites is 1. The van der Waals surface area contributed by atoms with Crippen LogP contribution >= 0.6 is 11.8 Å². The Morgan fingerprint density at radius 3 is 1.29 bits per heavy atom. The summed E-state index contributed by atoms with van der Waals surface area (Å²) in [7, 11) is 0. The fraction of sp³-hybridized carbons (Fsp3) is 0.308. The first-order chi connectivity index (χ1) is 26.8. The summed E-state index contributed by atoms with van der Waals surface area (Å²) in [5, 5.41) is 0. The number of hydrogen-bond acceptors (Lipinski definition) is 3. The lowest BCUT2D eigenvalue weighted by Gasteiger charge is -2.29. The molecule has 3 heterocycles. The predicted molar refractivity (Wildman–Crippen MR) is 231 cm³/mol. The van der Waals surface area contributed by atoms with Crippen molar-refractivity contribution in [3.8, 4) is 5.75 Å². The van der Waals surface area contributed by atoms with Gasteiger partial charge in [0.05, 0.1) is 13.2 Å². The lowest BCUT2D eigenvalue weighted by molar-refractivity contribution is 0.103. The van der Waals surface area contributed by atoms with Gasteiger partial charge in [0, 0.05) is 34.0 Å². The highest BCUT2D eigenvalue weighted by atomic mass is 32.2. The molecule has 3 aliphatic rings. The second-order valence-electron chi connectivity index (χ2n) is 16.1. The van der Waals surface area contributed by atoms with Gasteiger partial charge in [-0.2, -0.15) is 0 Å². The van der Waals surface area contributed by atoms with E-state index < -0.39 is 0 Å². The molecule has 55 heavy (non-hydrogen) atoms. The van der Waals surface area contributed by atoms with E-state index in [1.54, 1.807) is 0 Å². The molecule has 2 atom stereocenters. The van der Waals surface area contributed by atoms with Crippen LogP contribution < -0.4 is 4.74 Å². The normalized spacial score (nSPS) is 17.0. The smallest absolute Gasteiger partial charge is 0.123 e. The molecule has 0 amide bonds. The van der Waals surface area contributed by atoms with Crippen LogP contribution in [0.3, 0.4) is 0 Å². The monoisotopic (exact) mass is 744 g/mol. The van der Waals surface area contributed by atoms with Crippen molar-refractivity contribution in [1.82, 2.24) is 0 Å². The molecule has 2 nitrogen and oxygen atoms in total. The third kappa shape index (κ3) is 8.64. The molecule has 0 saturated heterocycles. The Labute approximate surface area is 334 Å². The van der Waals surface area contributed by atoms with Gasteiger partial charge in [0.2, 0.25) is 0 Å². The molecule has 282 valence electrons. The van der Waals surface area contributed by atoms with Gasteiger partial charge in [-0.1, -0.05) is 175 Å². The third-order valence-corrected chi connectivity index (χ3v) is 12.5. The fourth-order valence-corrected chi connectivity index (χ4v) is 9.96. The quantitative estimate of drug-likeness (QED) is 0.180. The van der Waals surface area contributed by atoms with Crippen molar-refractivity contribution < 1.29 is 9.47 Å². The second kappa shape index (κ2) is 17.9. The van der Waals surface area contributed by atoms with E-state index in [9.17, 15) is 0 Å². The van der Waals surface area contributed by atoms with Crippen molar-refractivity contribution in [3.05, 3.63) is 201 Å². The summed E-state index contributed by atoms with van der Waals surface area (Å²) in [6, 6.07) is 52.3.